The number of benzene rings is 2. The summed E-state index contributed by atoms with van der Waals surface area (Å²) in [6.45, 7) is 5.96. The Labute approximate surface area is 202 Å². The van der Waals surface area contributed by atoms with Gasteiger partial charge in [-0.15, -0.1) is 5.10 Å². The van der Waals surface area contributed by atoms with E-state index >= 15 is 0 Å². The highest BCUT2D eigenvalue weighted by Gasteiger charge is 2.49. The number of aromatic nitrogens is 4. The Morgan fingerprint density at radius 1 is 1.11 bits per heavy atom. The molecule has 1 aliphatic heterocycles. The highest BCUT2D eigenvalue weighted by Crippen LogP contribution is 2.29. The smallest absolute Gasteiger partial charge is 0.325 e. The number of nitrogens with one attached hydrogen (secondary N) is 2. The Balaban J connectivity index is 1.29. The third-order valence-corrected chi connectivity index (χ3v) is 5.87. The number of imide groups is 1. The maximum Gasteiger partial charge on any atom is 0.325 e. The lowest BCUT2D eigenvalue weighted by molar-refractivity contribution is -0.134. The fourth-order valence-electron chi connectivity index (χ4n) is 3.77. The Hall–Kier alpha value is -4.28. The number of amides is 4. The van der Waals surface area contributed by atoms with E-state index in [0.717, 1.165) is 4.90 Å². The lowest BCUT2D eigenvalue weighted by atomic mass is 9.92. The molecule has 1 aromatic heterocycles. The van der Waals surface area contributed by atoms with Gasteiger partial charge in [0.2, 0.25) is 5.91 Å². The van der Waals surface area contributed by atoms with E-state index in [1.807, 2.05) is 24.3 Å². The second-order valence-electron chi connectivity index (χ2n) is 8.67. The van der Waals surface area contributed by atoms with Crippen molar-refractivity contribution in [1.82, 2.24) is 35.7 Å². The van der Waals surface area contributed by atoms with Crippen molar-refractivity contribution in [3.63, 3.8) is 0 Å². The Morgan fingerprint density at radius 2 is 1.83 bits per heavy atom. The number of rotatable bonds is 9. The van der Waals surface area contributed by atoms with E-state index in [1.54, 1.807) is 31.2 Å². The van der Waals surface area contributed by atoms with Crippen LogP contribution in [0.5, 0.6) is 5.75 Å². The van der Waals surface area contributed by atoms with Crippen molar-refractivity contribution in [1.29, 1.82) is 0 Å². The van der Waals surface area contributed by atoms with Gasteiger partial charge in [-0.05, 0) is 58.7 Å². The quantitative estimate of drug-likeness (QED) is 0.354. The number of nitrogens with zero attached hydrogens (tertiary/aromatic N) is 5. The fourth-order valence-corrected chi connectivity index (χ4v) is 3.77. The summed E-state index contributed by atoms with van der Waals surface area (Å²) in [5.41, 5.74) is 1.21. The average molecular weight is 478 g/mol. The first kappa shape index (κ1) is 23.9. The van der Waals surface area contributed by atoms with Crippen LogP contribution in [0.15, 0.2) is 54.9 Å². The Kier molecular flexibility index (Phi) is 6.76. The lowest BCUT2D eigenvalue weighted by Crippen LogP contribution is -2.43. The summed E-state index contributed by atoms with van der Waals surface area (Å²) in [5.74, 6) is 0.187. The van der Waals surface area contributed by atoms with Crippen LogP contribution in [-0.4, -0.2) is 62.6 Å². The zero-order valence-corrected chi connectivity index (χ0v) is 19.8. The number of hydrogen-bond acceptors (Lipinski definition) is 7. The van der Waals surface area contributed by atoms with Crippen LogP contribution in [0.2, 0.25) is 0 Å². The van der Waals surface area contributed by atoms with Crippen molar-refractivity contribution in [3.05, 3.63) is 66.0 Å². The highest BCUT2D eigenvalue weighted by atomic mass is 16.5. The van der Waals surface area contributed by atoms with Gasteiger partial charge >= 0.3 is 6.03 Å². The van der Waals surface area contributed by atoms with Crippen molar-refractivity contribution in [2.45, 2.75) is 32.2 Å². The Bertz CT molecular complexity index is 1190. The second-order valence-corrected chi connectivity index (χ2v) is 8.67. The minimum absolute atomic E-state index is 0.240. The molecule has 0 saturated carbocycles. The number of tetrazole rings is 1. The fraction of sp³-hybridized carbons (Fsp3) is 0.333. The first-order valence-electron chi connectivity index (χ1n) is 11.3. The molecule has 1 atom stereocenters. The van der Waals surface area contributed by atoms with Gasteiger partial charge in [-0.3, -0.25) is 14.5 Å². The molecule has 1 saturated heterocycles. The average Bonchev–Trinajstić information content (AvgIpc) is 3.46. The third-order valence-electron chi connectivity index (χ3n) is 5.87. The van der Waals surface area contributed by atoms with Crippen molar-refractivity contribution < 1.29 is 19.1 Å². The first-order valence-corrected chi connectivity index (χ1v) is 11.3. The first-order chi connectivity index (χ1) is 16.8. The molecule has 11 nitrogen and oxygen atoms in total. The summed E-state index contributed by atoms with van der Waals surface area (Å²) in [6, 6.07) is 14.1. The van der Waals surface area contributed by atoms with Crippen LogP contribution >= 0.6 is 0 Å². The molecule has 35 heavy (non-hydrogen) atoms. The van der Waals surface area contributed by atoms with Crippen molar-refractivity contribution in [3.8, 4) is 11.4 Å². The van der Waals surface area contributed by atoms with Crippen molar-refractivity contribution in [2.75, 3.05) is 19.7 Å². The van der Waals surface area contributed by atoms with E-state index < -0.39 is 23.4 Å². The van der Waals surface area contributed by atoms with E-state index in [9.17, 15) is 14.4 Å². The van der Waals surface area contributed by atoms with Gasteiger partial charge < -0.3 is 15.4 Å². The van der Waals surface area contributed by atoms with Gasteiger partial charge in [-0.25, -0.2) is 9.48 Å². The lowest BCUT2D eigenvalue weighted by Gasteiger charge is -2.22. The van der Waals surface area contributed by atoms with E-state index in [0.29, 0.717) is 22.9 Å². The molecule has 4 rings (SSSR count). The van der Waals surface area contributed by atoms with Gasteiger partial charge in [0.25, 0.3) is 5.91 Å². The van der Waals surface area contributed by atoms with Gasteiger partial charge in [0, 0.05) is 0 Å². The minimum atomic E-state index is -1.29. The normalized spacial score (nSPS) is 17.5. The van der Waals surface area contributed by atoms with Gasteiger partial charge in [-0.1, -0.05) is 38.1 Å². The molecular formula is C24H27N7O4. The molecule has 0 aliphatic carbocycles. The van der Waals surface area contributed by atoms with Gasteiger partial charge in [0.15, 0.2) is 0 Å². The summed E-state index contributed by atoms with van der Waals surface area (Å²) in [5, 5.41) is 16.4. The maximum absolute atomic E-state index is 13.1. The number of hydrogen-bond donors (Lipinski definition) is 2. The predicted molar refractivity (Wildman–Crippen MR) is 126 cm³/mol. The van der Waals surface area contributed by atoms with E-state index in [1.165, 1.54) is 16.6 Å². The summed E-state index contributed by atoms with van der Waals surface area (Å²) in [7, 11) is 0. The van der Waals surface area contributed by atoms with Gasteiger partial charge in [0.05, 0.1) is 12.2 Å². The summed E-state index contributed by atoms with van der Waals surface area (Å²) in [6.07, 6.45) is 1.45. The summed E-state index contributed by atoms with van der Waals surface area (Å²) < 4.78 is 7.12. The molecular weight excluding hydrogens is 450 g/mol. The predicted octanol–water partition coefficient (Wildman–Crippen LogP) is 1.75. The molecule has 0 bridgehead atoms. The number of carbonyl (C=O) groups excluding carboxylic acids is 3. The van der Waals surface area contributed by atoms with Crippen LogP contribution in [0.4, 0.5) is 4.79 Å². The number of carbonyl (C=O) groups is 3. The number of ether oxygens (including phenoxy) is 1. The molecule has 0 spiro atoms. The summed E-state index contributed by atoms with van der Waals surface area (Å²) >= 11 is 0. The molecule has 1 fully saturated rings. The minimum Gasteiger partial charge on any atom is -0.492 e. The molecule has 2 heterocycles. The number of urea groups is 1. The molecule has 0 radical (unpaired) electrons. The monoisotopic (exact) mass is 477 g/mol. The molecule has 1 unspecified atom stereocenters. The second kappa shape index (κ2) is 9.92. The summed E-state index contributed by atoms with van der Waals surface area (Å²) in [4.78, 5) is 38.9. The Morgan fingerprint density at radius 3 is 2.46 bits per heavy atom. The zero-order chi connectivity index (χ0) is 25.0. The topological polar surface area (TPSA) is 131 Å². The van der Waals surface area contributed by atoms with Crippen molar-refractivity contribution >= 4 is 17.8 Å². The SMILES string of the molecule is CC(C)c1ccc(OCCNC(=O)CN2C(=O)NC(C)(c3ccc(-n4cnnn4)cc3)C2=O)cc1. The van der Waals surface area contributed by atoms with Crippen LogP contribution in [0, 0.1) is 0 Å². The van der Waals surface area contributed by atoms with Gasteiger partial charge in [-0.2, -0.15) is 0 Å². The molecule has 4 amide bonds. The van der Waals surface area contributed by atoms with Crippen LogP contribution < -0.4 is 15.4 Å². The van der Waals surface area contributed by atoms with Gasteiger partial charge in [0.1, 0.15) is 30.8 Å². The third kappa shape index (κ3) is 5.13. The molecule has 2 aromatic carbocycles. The maximum atomic E-state index is 13.1. The van der Waals surface area contributed by atoms with E-state index in [4.69, 9.17) is 4.74 Å². The molecule has 3 aromatic rings. The van der Waals surface area contributed by atoms with E-state index in [-0.39, 0.29) is 19.7 Å². The molecule has 1 aliphatic rings. The molecule has 11 heteroatoms. The largest absolute Gasteiger partial charge is 0.492 e. The van der Waals surface area contributed by atoms with Crippen LogP contribution in [0.25, 0.3) is 5.69 Å². The van der Waals surface area contributed by atoms with E-state index in [2.05, 4.69) is 40.0 Å². The molecule has 2 N–H and O–H groups in total. The van der Waals surface area contributed by atoms with Crippen LogP contribution in [-0.2, 0) is 15.1 Å². The van der Waals surface area contributed by atoms with Crippen LogP contribution in [0.1, 0.15) is 37.8 Å². The highest BCUT2D eigenvalue weighted by molar-refractivity contribution is 6.09. The standard InChI is InChI=1S/C24H27N7O4/c1-16(2)17-4-10-20(11-5-17)35-13-12-25-21(32)14-30-22(33)24(3,27-23(30)34)18-6-8-19(9-7-18)31-15-26-28-29-31/h4-11,15-16H,12-14H2,1-3H3,(H,25,32)(H,27,34). The zero-order valence-electron chi connectivity index (χ0n) is 19.8. The van der Waals surface area contributed by atoms with Crippen molar-refractivity contribution in [2.24, 2.45) is 0 Å². The molecule has 182 valence electrons. The van der Waals surface area contributed by atoms with Crippen LogP contribution in [0.3, 0.4) is 0 Å².